The van der Waals surface area contributed by atoms with Crippen LogP contribution >= 0.6 is 45.2 Å². The fraction of sp³-hybridized carbons (Fsp3) is 0.797. The highest BCUT2D eigenvalue weighted by Gasteiger charge is 2.93. The maximum absolute atomic E-state index is 15.6. The third kappa shape index (κ3) is 27.4. The van der Waals surface area contributed by atoms with E-state index in [9.17, 15) is 52.7 Å². The number of nitrogens with zero attached hydrogens (tertiary/aromatic N) is 12. The van der Waals surface area contributed by atoms with Crippen LogP contribution in [-0.2, 0) is 23.7 Å². The molecule has 0 N–H and O–H groups in total. The van der Waals surface area contributed by atoms with E-state index in [-0.39, 0.29) is 123 Å². The zero-order chi connectivity index (χ0) is 101. The lowest BCUT2D eigenvalue weighted by Gasteiger charge is -2.41. The minimum atomic E-state index is -8.03. The third-order valence-corrected chi connectivity index (χ3v) is 22.8. The Hall–Kier alpha value is -5.68. The number of allylic oxidation sites excluding steroid dienone is 6. The topological polar surface area (TPSA) is 123 Å². The fourth-order valence-electron chi connectivity index (χ4n) is 13.5. The highest BCUT2D eigenvalue weighted by Crippen LogP contribution is 2.66. The van der Waals surface area contributed by atoms with Crippen molar-refractivity contribution in [3.8, 4) is 0 Å². The lowest BCUT2D eigenvalue weighted by Crippen LogP contribution is -2.70. The third-order valence-electron chi connectivity index (χ3n) is 21.7. The van der Waals surface area contributed by atoms with Crippen molar-refractivity contribution in [2.75, 3.05) is 0 Å². The van der Waals surface area contributed by atoms with E-state index in [1.54, 1.807) is 26.8 Å². The second kappa shape index (κ2) is 44.4. The Kier molecular flexibility index (Phi) is 39.9. The van der Waals surface area contributed by atoms with E-state index < -0.39 is 262 Å². The van der Waals surface area contributed by atoms with Gasteiger partial charge in [0.1, 0.15) is 0 Å². The predicted octanol–water partition coefficient (Wildman–Crippen LogP) is 30.0. The van der Waals surface area contributed by atoms with E-state index in [1.807, 2.05) is 0 Å². The van der Waals surface area contributed by atoms with Gasteiger partial charge in [-0.3, -0.25) is 0 Å². The molecule has 4 unspecified atom stereocenters. The quantitative estimate of drug-likeness (QED) is 0.0141. The van der Waals surface area contributed by atoms with E-state index in [0.717, 1.165) is 39.7 Å². The Morgan fingerprint density at radius 1 is 0.282 bits per heavy atom. The molecular formula is C79H100F38I2N12. The largest absolute Gasteiger partial charge is 0.387 e. The summed E-state index contributed by atoms with van der Waals surface area (Å²) in [5.74, 6) is -125. The van der Waals surface area contributed by atoms with Crippen molar-refractivity contribution in [2.45, 2.75) is 391 Å². The van der Waals surface area contributed by atoms with Crippen molar-refractivity contribution >= 4 is 45.2 Å². The number of aryl methyl sites for hydroxylation is 2. The normalized spacial score (nSPS) is 15.8. The van der Waals surface area contributed by atoms with Crippen molar-refractivity contribution in [2.24, 2.45) is 0 Å². The van der Waals surface area contributed by atoms with E-state index in [1.165, 1.54) is 33.0 Å². The Morgan fingerprint density at radius 3 is 0.771 bits per heavy atom. The minimum Gasteiger partial charge on any atom is -0.249 e. The molecule has 4 aromatic rings. The second-order valence-corrected chi connectivity index (χ2v) is 37.3. The first kappa shape index (κ1) is 118. The highest BCUT2D eigenvalue weighted by atomic mass is 127. The maximum atomic E-state index is 15.6. The number of hydrogen-bond donors (Lipinski definition) is 0. The summed E-state index contributed by atoms with van der Waals surface area (Å²) in [5, 5.41) is 29.4. The molecule has 0 spiro atoms. The summed E-state index contributed by atoms with van der Waals surface area (Å²) >= 11 is -0.0869. The number of rotatable bonds is 62. The molecule has 4 heterocycles. The van der Waals surface area contributed by atoms with E-state index in [2.05, 4.69) is 54.4 Å². The molecule has 0 amide bonds. The van der Waals surface area contributed by atoms with Gasteiger partial charge >= 0.3 is 105 Å². The molecule has 0 saturated carbocycles. The van der Waals surface area contributed by atoms with Crippen molar-refractivity contribution < 1.29 is 167 Å². The van der Waals surface area contributed by atoms with Gasteiger partial charge in [-0.25, -0.2) is 18.7 Å². The minimum absolute atomic E-state index is 0.00434. The van der Waals surface area contributed by atoms with Crippen LogP contribution in [0.2, 0.25) is 0 Å². The summed E-state index contributed by atoms with van der Waals surface area (Å²) in [5.41, 5.74) is -1.90. The van der Waals surface area contributed by atoms with E-state index in [0.29, 0.717) is 54.1 Å². The first-order chi connectivity index (χ1) is 59.3. The van der Waals surface area contributed by atoms with Crippen LogP contribution in [0.5, 0.6) is 0 Å². The molecular weight excluding hydrogens is 2090 g/mol. The molecule has 0 aliphatic heterocycles. The Morgan fingerprint density at radius 2 is 0.519 bits per heavy atom. The van der Waals surface area contributed by atoms with Crippen LogP contribution in [0.4, 0.5) is 167 Å². The number of unbranched alkanes of at least 4 members (excludes halogenated alkanes) is 17. The first-order valence-corrected chi connectivity index (χ1v) is 43.3. The van der Waals surface area contributed by atoms with Gasteiger partial charge in [0.05, 0.1) is 46.9 Å². The number of hydrogen-bond acceptors (Lipinski definition) is 8. The lowest BCUT2D eigenvalue weighted by molar-refractivity contribution is -0.421. The van der Waals surface area contributed by atoms with Gasteiger partial charge in [0.2, 0.25) is 0 Å². The van der Waals surface area contributed by atoms with Gasteiger partial charge in [-0.15, -0.1) is 33.6 Å². The first-order valence-electron chi connectivity index (χ1n) is 41.1. The number of aromatic nitrogens is 12. The molecule has 0 radical (unpaired) electrons. The summed E-state index contributed by atoms with van der Waals surface area (Å²) in [7, 11) is 0. The molecule has 0 aromatic carbocycles. The van der Waals surface area contributed by atoms with Gasteiger partial charge in [0.15, 0.2) is 0 Å². The molecule has 0 fully saturated rings. The molecule has 52 heteroatoms. The average molecular weight is 2190 g/mol. The number of alkyl halides is 40. The van der Waals surface area contributed by atoms with Gasteiger partial charge in [0, 0.05) is 83.9 Å². The molecule has 4 aromatic heterocycles. The number of halogens is 40. The van der Waals surface area contributed by atoms with E-state index >= 15 is 114 Å². The van der Waals surface area contributed by atoms with Gasteiger partial charge in [-0.2, -0.15) is 167 Å². The van der Waals surface area contributed by atoms with Crippen molar-refractivity contribution in [1.82, 2.24) is 60.0 Å². The maximum Gasteiger partial charge on any atom is 0.387 e. The smallest absolute Gasteiger partial charge is 0.249 e. The van der Waals surface area contributed by atoms with Gasteiger partial charge < -0.3 is 0 Å². The van der Waals surface area contributed by atoms with Crippen LogP contribution in [-0.4, -0.2) is 169 Å². The molecule has 0 bridgehead atoms. The Bertz CT molecular complexity index is 4220. The summed E-state index contributed by atoms with van der Waals surface area (Å²) in [6.07, 6.45) is -8.27. The van der Waals surface area contributed by atoms with Crippen LogP contribution in [0.25, 0.3) is 0 Å². The van der Waals surface area contributed by atoms with Crippen molar-refractivity contribution in [3.63, 3.8) is 0 Å². The summed E-state index contributed by atoms with van der Waals surface area (Å²) < 4.78 is 562. The van der Waals surface area contributed by atoms with Crippen molar-refractivity contribution in [3.05, 3.63) is 97.2 Å². The van der Waals surface area contributed by atoms with Gasteiger partial charge in [0.25, 0.3) is 3.93 Å². The van der Waals surface area contributed by atoms with Gasteiger partial charge in [-0.1, -0.05) is 164 Å². The average Bonchev–Trinajstić information content (AvgIpc) is 1.01. The molecule has 0 aliphatic rings. The summed E-state index contributed by atoms with van der Waals surface area (Å²) in [6, 6.07) is -7.75. The van der Waals surface area contributed by atoms with Crippen LogP contribution < -0.4 is 0 Å². The fourth-order valence-corrected chi connectivity index (χ4v) is 14.3. The Balaban J connectivity index is 1.44. The van der Waals surface area contributed by atoms with Crippen LogP contribution in [0.3, 0.4) is 0 Å². The molecule has 4 rings (SSSR count). The molecule has 756 valence electrons. The molecule has 12 nitrogen and oxygen atoms in total. The van der Waals surface area contributed by atoms with Gasteiger partial charge in [-0.05, 0) is 137 Å². The second-order valence-electron chi connectivity index (χ2n) is 34.4. The predicted molar refractivity (Wildman–Crippen MR) is 420 cm³/mol. The molecule has 4 atom stereocenters. The monoisotopic (exact) mass is 2190 g/mol. The van der Waals surface area contributed by atoms with Crippen LogP contribution in [0.1, 0.15) is 281 Å². The summed E-state index contributed by atoms with van der Waals surface area (Å²) in [4.78, 5) is 0. The molecule has 0 saturated heterocycles. The summed E-state index contributed by atoms with van der Waals surface area (Å²) in [6.45, 7) is 16.3. The van der Waals surface area contributed by atoms with E-state index in [4.69, 9.17) is 0 Å². The SMILES string of the molecule is C=CCCCCCCC(CC(F)(F)C(F)(F)C(F)(F)C(F)(F)C(F)(F)C(F)(F)/C=C/CCCCCCC(CC(F)(F)I)n1cc(CCCCc2cn(C(CCCCCC/C=C/C(F)(F)C(F)(F)C(F)(F)C(F)(F)C(F)(F)C(F)(F)CC(CCCCCCC=C)n3cc(C(C)(C)C)nn3)CC(F)(F)C(F)(F)C(F)(F)C(F)(F)C(F)(F)C(F)(F)I)nn2)nn1)n1cc(C(C)(C)C)nn1. The highest BCUT2D eigenvalue weighted by molar-refractivity contribution is 14.1. The van der Waals surface area contributed by atoms with Crippen LogP contribution in [0, 0.1) is 0 Å². The molecule has 131 heavy (non-hydrogen) atoms. The zero-order valence-electron chi connectivity index (χ0n) is 71.1. The molecule has 0 aliphatic carbocycles. The standard InChI is InChI=1S/C79H100F38I2N12/c1-9-11-13-15-21-27-38-54(130-49-57(122-126-130)59(3,4)5)44-64(86,87)69(96,97)74(106,107)72(102,103)67(92,93)61(80,81)41-33-25-19-17-23-29-37-53(43-63(84,85)71(100,101)76(110,111)77(112,113)78(114,115)79(116,117)119)128-47-51(120-124-128)35-31-32-36-52-48-129(125-121-52)56(46-66(90,91)118)40-30-24-18-20-26-34-42-62(82,83)68(94,95)73(104,105)75(108,109)70(98,99)65(88,89)45-55(39-28-22-16-14-12-10-2)131-50-58(123-127-131)60(6,7)8/h9-10,33-34,41-42,47-50,53-56H,1-2,11-32,35-40,43-46H2,3-8H3/b41-33+,42-34+. The zero-order valence-corrected chi connectivity index (χ0v) is 75.4. The van der Waals surface area contributed by atoms with Crippen LogP contribution in [0.15, 0.2) is 74.4 Å². The van der Waals surface area contributed by atoms with Crippen molar-refractivity contribution in [1.29, 1.82) is 0 Å². The Labute approximate surface area is 756 Å². The lowest BCUT2D eigenvalue weighted by atomic mass is 9.88.